The molecular weight excluding hydrogens is 298 g/mol. The third kappa shape index (κ3) is 3.21. The van der Waals surface area contributed by atoms with Crippen molar-refractivity contribution in [2.75, 3.05) is 7.11 Å². The van der Waals surface area contributed by atoms with Crippen LogP contribution in [-0.2, 0) is 9.84 Å². The van der Waals surface area contributed by atoms with Gasteiger partial charge in [-0.1, -0.05) is 36.4 Å². The minimum absolute atomic E-state index is 0.240. The smallest absolute Gasteiger partial charge is 0.186 e. The molecule has 2 N–H and O–H groups in total. The van der Waals surface area contributed by atoms with Crippen molar-refractivity contribution in [2.24, 2.45) is 5.73 Å². The molecule has 0 amide bonds. The number of methoxy groups -OCH3 is 1. The van der Waals surface area contributed by atoms with Crippen LogP contribution in [0, 0.1) is 0 Å². The van der Waals surface area contributed by atoms with Crippen LogP contribution in [-0.4, -0.2) is 20.8 Å². The number of hydrogen-bond donors (Lipinski definition) is 1. The van der Waals surface area contributed by atoms with Crippen LogP contribution >= 0.6 is 0 Å². The maximum absolute atomic E-state index is 12.7. The number of sulfone groups is 1. The summed E-state index contributed by atoms with van der Waals surface area (Å²) in [6.07, 6.45) is 1.39. The molecule has 0 aliphatic heterocycles. The molecule has 0 saturated heterocycles. The van der Waals surface area contributed by atoms with Gasteiger partial charge >= 0.3 is 0 Å². The zero-order valence-electron chi connectivity index (χ0n) is 12.3. The maximum Gasteiger partial charge on any atom is 0.186 e. The minimum atomic E-state index is -3.59. The van der Waals surface area contributed by atoms with Gasteiger partial charge in [-0.05, 0) is 29.8 Å². The van der Waals surface area contributed by atoms with E-state index in [1.54, 1.807) is 61.7 Å². The highest BCUT2D eigenvalue weighted by molar-refractivity contribution is 7.92. The topological polar surface area (TPSA) is 69.4 Å². The largest absolute Gasteiger partial charge is 0.497 e. The van der Waals surface area contributed by atoms with Crippen LogP contribution in [0.1, 0.15) is 11.6 Å². The normalized spacial score (nSPS) is 14.1. The number of rotatable bonds is 6. The lowest BCUT2D eigenvalue weighted by molar-refractivity contribution is 0.414. The number of ether oxygens (including phenoxy) is 1. The van der Waals surface area contributed by atoms with Gasteiger partial charge in [0.25, 0.3) is 0 Å². The molecule has 0 fully saturated rings. The highest BCUT2D eigenvalue weighted by atomic mass is 32.2. The van der Waals surface area contributed by atoms with Crippen molar-refractivity contribution in [1.82, 2.24) is 0 Å². The molecule has 0 spiro atoms. The van der Waals surface area contributed by atoms with Gasteiger partial charge in [0.15, 0.2) is 9.84 Å². The van der Waals surface area contributed by atoms with Gasteiger partial charge in [-0.25, -0.2) is 8.42 Å². The van der Waals surface area contributed by atoms with E-state index in [-0.39, 0.29) is 4.90 Å². The number of hydrogen-bond acceptors (Lipinski definition) is 4. The van der Waals surface area contributed by atoms with E-state index >= 15 is 0 Å². The summed E-state index contributed by atoms with van der Waals surface area (Å²) in [5.41, 5.74) is 6.89. The zero-order chi connectivity index (χ0) is 16.2. The van der Waals surface area contributed by atoms with Crippen molar-refractivity contribution in [3.8, 4) is 5.75 Å². The van der Waals surface area contributed by atoms with Crippen molar-refractivity contribution in [3.63, 3.8) is 0 Å². The van der Waals surface area contributed by atoms with E-state index in [4.69, 9.17) is 10.5 Å². The molecule has 0 unspecified atom stereocenters. The molecule has 0 aromatic heterocycles. The van der Waals surface area contributed by atoms with Crippen molar-refractivity contribution < 1.29 is 13.2 Å². The zero-order valence-corrected chi connectivity index (χ0v) is 13.2. The van der Waals surface area contributed by atoms with E-state index in [2.05, 4.69) is 6.58 Å². The first-order valence-corrected chi connectivity index (χ1v) is 8.36. The lowest BCUT2D eigenvalue weighted by Crippen LogP contribution is -2.32. The molecule has 116 valence electrons. The number of benzene rings is 2. The summed E-state index contributed by atoms with van der Waals surface area (Å²) in [6, 6.07) is 14.6. The standard InChI is InChI=1S/C17H19NO3S/c1-3-16(22(19,20)15-7-5-4-6-8-15)17(18)13-9-11-14(21-2)12-10-13/h3-12,16-17H,1,18H2,2H3/t16-,17+/m0/s1. The molecule has 0 aliphatic rings. The van der Waals surface area contributed by atoms with Gasteiger partial charge in [0.05, 0.1) is 18.0 Å². The summed E-state index contributed by atoms with van der Waals surface area (Å²) < 4.78 is 30.5. The van der Waals surface area contributed by atoms with Gasteiger partial charge in [0, 0.05) is 0 Å². The fraction of sp³-hybridized carbons (Fsp3) is 0.176. The molecule has 22 heavy (non-hydrogen) atoms. The Morgan fingerprint density at radius 2 is 1.68 bits per heavy atom. The molecule has 2 rings (SSSR count). The lowest BCUT2D eigenvalue weighted by Gasteiger charge is -2.21. The average Bonchev–Trinajstić information content (AvgIpc) is 2.56. The summed E-state index contributed by atoms with van der Waals surface area (Å²) >= 11 is 0. The Kier molecular flexibility index (Phi) is 5.00. The predicted molar refractivity (Wildman–Crippen MR) is 87.5 cm³/mol. The molecule has 5 heteroatoms. The monoisotopic (exact) mass is 317 g/mol. The Bertz CT molecular complexity index is 724. The molecule has 2 aromatic rings. The van der Waals surface area contributed by atoms with Crippen LogP contribution in [0.4, 0.5) is 0 Å². The first-order valence-electron chi connectivity index (χ1n) is 6.81. The summed E-state index contributed by atoms with van der Waals surface area (Å²) in [4.78, 5) is 0.240. The quantitative estimate of drug-likeness (QED) is 0.832. The van der Waals surface area contributed by atoms with Gasteiger partial charge in [-0.3, -0.25) is 0 Å². The average molecular weight is 317 g/mol. The third-order valence-electron chi connectivity index (χ3n) is 3.52. The fourth-order valence-corrected chi connectivity index (χ4v) is 3.90. The Morgan fingerprint density at radius 1 is 1.09 bits per heavy atom. The first-order chi connectivity index (χ1) is 10.5. The van der Waals surface area contributed by atoms with Crippen LogP contribution in [0.2, 0.25) is 0 Å². The van der Waals surface area contributed by atoms with Crippen molar-refractivity contribution in [3.05, 3.63) is 72.8 Å². The van der Waals surface area contributed by atoms with E-state index in [1.807, 2.05) is 0 Å². The second kappa shape index (κ2) is 6.77. The molecule has 0 saturated carbocycles. The Hall–Kier alpha value is -2.11. The van der Waals surface area contributed by atoms with Crippen LogP contribution in [0.25, 0.3) is 0 Å². The van der Waals surface area contributed by atoms with Gasteiger partial charge in [0.2, 0.25) is 0 Å². The molecule has 2 aromatic carbocycles. The minimum Gasteiger partial charge on any atom is -0.497 e. The van der Waals surface area contributed by atoms with E-state index in [1.165, 1.54) is 6.08 Å². The molecule has 0 heterocycles. The van der Waals surface area contributed by atoms with Crippen LogP contribution in [0.15, 0.2) is 72.1 Å². The van der Waals surface area contributed by atoms with Gasteiger partial charge < -0.3 is 10.5 Å². The Morgan fingerprint density at radius 3 is 2.18 bits per heavy atom. The predicted octanol–water partition coefficient (Wildman–Crippen LogP) is 2.72. The Balaban J connectivity index is 2.36. The molecule has 0 bridgehead atoms. The van der Waals surface area contributed by atoms with Gasteiger partial charge in [-0.15, -0.1) is 6.58 Å². The third-order valence-corrected chi connectivity index (χ3v) is 5.65. The van der Waals surface area contributed by atoms with Crippen LogP contribution < -0.4 is 10.5 Å². The second-order valence-corrected chi connectivity index (χ2v) is 6.96. The van der Waals surface area contributed by atoms with Gasteiger partial charge in [0.1, 0.15) is 11.0 Å². The highest BCUT2D eigenvalue weighted by Crippen LogP contribution is 2.27. The van der Waals surface area contributed by atoms with E-state index in [0.29, 0.717) is 11.3 Å². The van der Waals surface area contributed by atoms with Gasteiger partial charge in [-0.2, -0.15) is 0 Å². The van der Waals surface area contributed by atoms with Crippen molar-refractivity contribution in [1.29, 1.82) is 0 Å². The van der Waals surface area contributed by atoms with E-state index < -0.39 is 21.1 Å². The molecule has 4 nitrogen and oxygen atoms in total. The molecule has 0 aliphatic carbocycles. The van der Waals surface area contributed by atoms with E-state index in [9.17, 15) is 8.42 Å². The van der Waals surface area contributed by atoms with Crippen LogP contribution in [0.5, 0.6) is 5.75 Å². The fourth-order valence-electron chi connectivity index (χ4n) is 2.25. The molecule has 2 atom stereocenters. The SMILES string of the molecule is C=C[C@@H]([C@H](N)c1ccc(OC)cc1)S(=O)(=O)c1ccccc1. The summed E-state index contributed by atoms with van der Waals surface area (Å²) in [6.45, 7) is 3.65. The Labute approximate surface area is 131 Å². The number of nitrogens with two attached hydrogens (primary N) is 1. The van der Waals surface area contributed by atoms with E-state index in [0.717, 1.165) is 0 Å². The van der Waals surface area contributed by atoms with Crippen LogP contribution in [0.3, 0.4) is 0 Å². The molecule has 0 radical (unpaired) electrons. The molecular formula is C17H19NO3S. The second-order valence-electron chi connectivity index (χ2n) is 4.86. The maximum atomic E-state index is 12.7. The summed E-state index contributed by atoms with van der Waals surface area (Å²) in [5.74, 6) is 0.692. The van der Waals surface area contributed by atoms with Crippen molar-refractivity contribution in [2.45, 2.75) is 16.2 Å². The van der Waals surface area contributed by atoms with Crippen molar-refractivity contribution >= 4 is 9.84 Å². The summed E-state index contributed by atoms with van der Waals surface area (Å²) in [5, 5.41) is -0.900. The highest BCUT2D eigenvalue weighted by Gasteiger charge is 2.31. The summed E-state index contributed by atoms with van der Waals surface area (Å²) in [7, 11) is -2.02. The lowest BCUT2D eigenvalue weighted by atomic mass is 10.0. The first kappa shape index (κ1) is 16.3.